The van der Waals surface area contributed by atoms with Gasteiger partial charge in [-0.1, -0.05) is 6.07 Å². The molecular weight excluding hydrogens is 362 g/mol. The van der Waals surface area contributed by atoms with Gasteiger partial charge in [-0.15, -0.1) is 11.8 Å². The summed E-state index contributed by atoms with van der Waals surface area (Å²) in [6, 6.07) is 12.7. The highest BCUT2D eigenvalue weighted by molar-refractivity contribution is 7.99. The first-order valence-corrected chi connectivity index (χ1v) is 9.60. The summed E-state index contributed by atoms with van der Waals surface area (Å²) in [7, 11) is 0. The number of anilines is 1. The van der Waals surface area contributed by atoms with Crippen LogP contribution < -0.4 is 5.32 Å². The highest BCUT2D eigenvalue weighted by Crippen LogP contribution is 2.21. The number of hydrogen-bond donors (Lipinski definition) is 1. The molecule has 0 atom stereocenters. The zero-order valence-corrected chi connectivity index (χ0v) is 16.5. The maximum absolute atomic E-state index is 11.8. The molecule has 142 valence electrons. The second kappa shape index (κ2) is 9.92. The lowest BCUT2D eigenvalue weighted by Gasteiger charge is -2.07. The number of aryl methyl sites for hydroxylation is 2. The van der Waals surface area contributed by atoms with Gasteiger partial charge < -0.3 is 10.1 Å². The number of ether oxygens (including phenoxy) is 1. The van der Waals surface area contributed by atoms with Crippen molar-refractivity contribution in [2.24, 2.45) is 0 Å². The van der Waals surface area contributed by atoms with Gasteiger partial charge in [-0.2, -0.15) is 0 Å². The number of carbonyl (C=O) groups excluding carboxylic acids is 3. The SMILES string of the molecule is CC(=O)c1ccc(NC(=O)COC(=O)CCSc2ccc(C)c(C)c2)cc1. The summed E-state index contributed by atoms with van der Waals surface area (Å²) < 4.78 is 5.00. The number of thioether (sulfide) groups is 1. The van der Waals surface area contributed by atoms with Gasteiger partial charge >= 0.3 is 5.97 Å². The molecule has 0 unspecified atom stereocenters. The van der Waals surface area contributed by atoms with Crippen LogP contribution >= 0.6 is 11.8 Å². The number of hydrogen-bond acceptors (Lipinski definition) is 5. The van der Waals surface area contributed by atoms with Crippen molar-refractivity contribution < 1.29 is 19.1 Å². The second-order valence-electron chi connectivity index (χ2n) is 6.19. The van der Waals surface area contributed by atoms with E-state index in [1.807, 2.05) is 6.07 Å². The van der Waals surface area contributed by atoms with E-state index in [0.717, 1.165) is 4.90 Å². The first-order chi connectivity index (χ1) is 12.8. The Morgan fingerprint density at radius 1 is 1.00 bits per heavy atom. The maximum atomic E-state index is 11.8. The average molecular weight is 385 g/mol. The molecule has 27 heavy (non-hydrogen) atoms. The van der Waals surface area contributed by atoms with Gasteiger partial charge in [0.1, 0.15) is 0 Å². The lowest BCUT2D eigenvalue weighted by molar-refractivity contribution is -0.146. The Hall–Kier alpha value is -2.60. The highest BCUT2D eigenvalue weighted by Gasteiger charge is 2.09. The Morgan fingerprint density at radius 2 is 1.70 bits per heavy atom. The number of amides is 1. The van der Waals surface area contributed by atoms with E-state index in [1.54, 1.807) is 36.0 Å². The lowest BCUT2D eigenvalue weighted by Crippen LogP contribution is -2.21. The molecule has 0 bridgehead atoms. The highest BCUT2D eigenvalue weighted by atomic mass is 32.2. The van der Waals surface area contributed by atoms with E-state index in [9.17, 15) is 14.4 Å². The Balaban J connectivity index is 1.69. The largest absolute Gasteiger partial charge is 0.456 e. The molecule has 0 heterocycles. The number of rotatable bonds is 8. The molecule has 1 amide bonds. The molecule has 0 radical (unpaired) electrons. The van der Waals surface area contributed by atoms with Crippen LogP contribution in [-0.2, 0) is 14.3 Å². The normalized spacial score (nSPS) is 10.3. The van der Waals surface area contributed by atoms with Crippen LogP contribution in [-0.4, -0.2) is 30.0 Å². The van der Waals surface area contributed by atoms with Crippen molar-refractivity contribution in [1.82, 2.24) is 0 Å². The average Bonchev–Trinajstić information content (AvgIpc) is 2.63. The number of Topliss-reactive ketones (excluding diaryl/α,β-unsaturated/α-hetero) is 1. The Labute approximate surface area is 163 Å². The molecule has 2 aromatic carbocycles. The third-order valence-electron chi connectivity index (χ3n) is 3.99. The van der Waals surface area contributed by atoms with Gasteiger partial charge in [0.05, 0.1) is 6.42 Å². The number of nitrogens with one attached hydrogen (secondary N) is 1. The molecular formula is C21H23NO4S. The van der Waals surface area contributed by atoms with Crippen LogP contribution in [0.1, 0.15) is 34.8 Å². The van der Waals surface area contributed by atoms with Crippen molar-refractivity contribution in [2.75, 3.05) is 17.7 Å². The molecule has 0 saturated heterocycles. The van der Waals surface area contributed by atoms with Crippen molar-refractivity contribution in [1.29, 1.82) is 0 Å². The van der Waals surface area contributed by atoms with Gasteiger partial charge in [0, 0.05) is 21.9 Å². The summed E-state index contributed by atoms with van der Waals surface area (Å²) in [4.78, 5) is 35.9. The van der Waals surface area contributed by atoms with E-state index in [2.05, 4.69) is 31.3 Å². The quantitative estimate of drug-likeness (QED) is 0.419. The van der Waals surface area contributed by atoms with Gasteiger partial charge in [0.2, 0.25) is 0 Å². The number of carbonyl (C=O) groups is 3. The van der Waals surface area contributed by atoms with Gasteiger partial charge in [0.25, 0.3) is 5.91 Å². The molecule has 2 rings (SSSR count). The fraction of sp³-hybridized carbons (Fsp3) is 0.286. The van der Waals surface area contributed by atoms with Crippen molar-refractivity contribution in [3.8, 4) is 0 Å². The van der Waals surface area contributed by atoms with Crippen LogP contribution in [0.4, 0.5) is 5.69 Å². The number of benzene rings is 2. The van der Waals surface area contributed by atoms with Crippen LogP contribution in [0.5, 0.6) is 0 Å². The van der Waals surface area contributed by atoms with E-state index in [0.29, 0.717) is 17.0 Å². The van der Waals surface area contributed by atoms with Gasteiger partial charge in [0.15, 0.2) is 12.4 Å². The Kier molecular flexibility index (Phi) is 7.61. The van der Waals surface area contributed by atoms with E-state index in [1.165, 1.54) is 18.1 Å². The minimum Gasteiger partial charge on any atom is -0.456 e. The molecule has 0 aliphatic rings. The van der Waals surface area contributed by atoms with Gasteiger partial charge in [-0.3, -0.25) is 14.4 Å². The topological polar surface area (TPSA) is 72.5 Å². The van der Waals surface area contributed by atoms with Gasteiger partial charge in [-0.25, -0.2) is 0 Å². The van der Waals surface area contributed by atoms with Crippen LogP contribution in [0.2, 0.25) is 0 Å². The monoisotopic (exact) mass is 385 g/mol. The first kappa shape index (κ1) is 20.7. The van der Waals surface area contributed by atoms with Crippen LogP contribution in [0.3, 0.4) is 0 Å². The summed E-state index contributed by atoms with van der Waals surface area (Å²) in [5, 5.41) is 2.62. The van der Waals surface area contributed by atoms with Crippen molar-refractivity contribution >= 4 is 35.1 Å². The molecule has 1 N–H and O–H groups in total. The predicted molar refractivity (Wildman–Crippen MR) is 107 cm³/mol. The van der Waals surface area contributed by atoms with E-state index < -0.39 is 11.9 Å². The van der Waals surface area contributed by atoms with E-state index in [-0.39, 0.29) is 18.8 Å². The predicted octanol–water partition coefficient (Wildman–Crippen LogP) is 4.17. The molecule has 0 saturated carbocycles. The zero-order valence-electron chi connectivity index (χ0n) is 15.7. The van der Waals surface area contributed by atoms with Crippen LogP contribution in [0.25, 0.3) is 0 Å². The third kappa shape index (κ3) is 6.90. The molecule has 0 spiro atoms. The Morgan fingerprint density at radius 3 is 2.33 bits per heavy atom. The minimum absolute atomic E-state index is 0.0412. The third-order valence-corrected chi connectivity index (χ3v) is 4.99. The molecule has 0 aliphatic carbocycles. The zero-order chi connectivity index (χ0) is 19.8. The number of ketones is 1. The van der Waals surface area contributed by atoms with Crippen molar-refractivity contribution in [3.63, 3.8) is 0 Å². The van der Waals surface area contributed by atoms with Crippen molar-refractivity contribution in [3.05, 3.63) is 59.2 Å². The van der Waals surface area contributed by atoms with Crippen LogP contribution in [0, 0.1) is 13.8 Å². The Bertz CT molecular complexity index is 831. The van der Waals surface area contributed by atoms with E-state index >= 15 is 0 Å². The molecule has 0 aromatic heterocycles. The smallest absolute Gasteiger partial charge is 0.307 e. The van der Waals surface area contributed by atoms with Crippen LogP contribution in [0.15, 0.2) is 47.4 Å². The molecule has 0 fully saturated rings. The lowest BCUT2D eigenvalue weighted by atomic mass is 10.1. The molecule has 5 nitrogen and oxygen atoms in total. The van der Waals surface area contributed by atoms with Crippen molar-refractivity contribution in [2.45, 2.75) is 32.1 Å². The summed E-state index contributed by atoms with van der Waals surface area (Å²) in [6.07, 6.45) is 0.234. The second-order valence-corrected chi connectivity index (χ2v) is 7.36. The molecule has 6 heteroatoms. The standard InChI is InChI=1S/C21H23NO4S/c1-14-4-9-19(12-15(14)2)27-11-10-21(25)26-13-20(24)22-18-7-5-17(6-8-18)16(3)23/h4-9,12H,10-11,13H2,1-3H3,(H,22,24). The summed E-state index contributed by atoms with van der Waals surface area (Å²) in [6.45, 7) is 5.26. The summed E-state index contributed by atoms with van der Waals surface area (Å²) >= 11 is 1.58. The fourth-order valence-electron chi connectivity index (χ4n) is 2.26. The van der Waals surface area contributed by atoms with Gasteiger partial charge in [-0.05, 0) is 68.3 Å². The maximum Gasteiger partial charge on any atom is 0.307 e. The summed E-state index contributed by atoms with van der Waals surface area (Å²) in [5.74, 6) is -0.273. The summed E-state index contributed by atoms with van der Waals surface area (Å²) in [5.41, 5.74) is 3.57. The molecule has 0 aliphatic heterocycles. The minimum atomic E-state index is -0.416. The fourth-order valence-corrected chi connectivity index (χ4v) is 3.19. The van der Waals surface area contributed by atoms with E-state index in [4.69, 9.17) is 4.74 Å². The molecule has 2 aromatic rings. The first-order valence-electron chi connectivity index (χ1n) is 8.61. The number of esters is 1.